The lowest BCUT2D eigenvalue weighted by Gasteiger charge is -2.07. The molecule has 0 unspecified atom stereocenters. The first-order valence-corrected chi connectivity index (χ1v) is 3.72. The van der Waals surface area contributed by atoms with Crippen molar-refractivity contribution < 1.29 is 14.6 Å². The number of carbonyl (C=O) groups excluding carboxylic acids is 1. The van der Waals surface area contributed by atoms with Gasteiger partial charge in [-0.2, -0.15) is 0 Å². The van der Waals surface area contributed by atoms with Crippen molar-refractivity contribution in [3.05, 3.63) is 20.2 Å². The summed E-state index contributed by atoms with van der Waals surface area (Å²) >= 11 is 9.89. The molecular weight excluding hydrogens is 227 g/mol. The summed E-state index contributed by atoms with van der Waals surface area (Å²) in [7, 11) is 0. The van der Waals surface area contributed by atoms with E-state index in [-0.39, 0.29) is 0 Å². The maximum absolute atomic E-state index is 10.2. The van der Waals surface area contributed by atoms with Gasteiger partial charge in [-0.25, -0.2) is 0 Å². The van der Waals surface area contributed by atoms with Crippen LogP contribution in [0.5, 0.6) is 0 Å². The molecule has 0 N–H and O–H groups in total. The molecule has 0 aliphatic carbocycles. The first-order chi connectivity index (χ1) is 5.80. The van der Waals surface area contributed by atoms with Gasteiger partial charge in [0.2, 0.25) is 5.24 Å². The summed E-state index contributed by atoms with van der Waals surface area (Å²) in [6, 6.07) is 0. The minimum Gasteiger partial charge on any atom is -0.281 e. The fourth-order valence-electron chi connectivity index (χ4n) is 0.507. The van der Waals surface area contributed by atoms with E-state index in [1.165, 1.54) is 0 Å². The van der Waals surface area contributed by atoms with Gasteiger partial charge in [0.05, 0.1) is 0 Å². The minimum absolute atomic E-state index is 0.521. The molecule has 0 saturated heterocycles. The SMILES string of the molecule is O=C(Cl)CCC(Cl)([N+](=O)[O-])[N+](=O)[O-]. The second-order valence-corrected chi connectivity index (χ2v) is 3.12. The molecule has 0 aromatic carbocycles. The molecule has 9 heteroatoms. The van der Waals surface area contributed by atoms with Crippen LogP contribution in [0.3, 0.4) is 0 Å². The van der Waals surface area contributed by atoms with Crippen molar-refractivity contribution in [1.29, 1.82) is 0 Å². The zero-order valence-corrected chi connectivity index (χ0v) is 7.62. The van der Waals surface area contributed by atoms with Crippen molar-refractivity contribution in [3.8, 4) is 0 Å². The molecule has 0 radical (unpaired) electrons. The van der Waals surface area contributed by atoms with Crippen LogP contribution in [-0.4, -0.2) is 20.2 Å². The topological polar surface area (TPSA) is 103 Å². The third-order valence-corrected chi connectivity index (χ3v) is 1.85. The summed E-state index contributed by atoms with van der Waals surface area (Å²) in [6.07, 6.45) is -1.26. The van der Waals surface area contributed by atoms with Gasteiger partial charge < -0.3 is 0 Å². The van der Waals surface area contributed by atoms with Crippen LogP contribution in [0.2, 0.25) is 0 Å². The molecule has 0 aliphatic heterocycles. The largest absolute Gasteiger partial charge is 0.537 e. The van der Waals surface area contributed by atoms with Gasteiger partial charge in [-0.05, 0) is 11.6 Å². The number of nitrogens with zero attached hydrogens (tertiary/aromatic N) is 2. The Kier molecular flexibility index (Phi) is 4.02. The van der Waals surface area contributed by atoms with Gasteiger partial charge in [-0.1, -0.05) is 0 Å². The Labute approximate surface area is 81.9 Å². The summed E-state index contributed by atoms with van der Waals surface area (Å²) in [6.45, 7) is 0. The van der Waals surface area contributed by atoms with Gasteiger partial charge in [-0.15, -0.1) is 0 Å². The molecule has 0 heterocycles. The van der Waals surface area contributed by atoms with Crippen LogP contribution in [0.4, 0.5) is 0 Å². The maximum Gasteiger partial charge on any atom is 0.537 e. The minimum atomic E-state index is -2.86. The second-order valence-electron chi connectivity index (χ2n) is 2.09. The third kappa shape index (κ3) is 3.11. The zero-order chi connectivity index (χ0) is 10.6. The van der Waals surface area contributed by atoms with Crippen LogP contribution in [0.15, 0.2) is 0 Å². The Morgan fingerprint density at radius 3 is 1.92 bits per heavy atom. The summed E-state index contributed by atoms with van der Waals surface area (Å²) in [5.41, 5.74) is 0. The van der Waals surface area contributed by atoms with Crippen molar-refractivity contribution in [2.75, 3.05) is 0 Å². The van der Waals surface area contributed by atoms with Crippen LogP contribution in [0.1, 0.15) is 12.8 Å². The van der Waals surface area contributed by atoms with Crippen molar-refractivity contribution in [2.24, 2.45) is 0 Å². The molecule has 0 amide bonds. The van der Waals surface area contributed by atoms with E-state index >= 15 is 0 Å². The zero-order valence-electron chi connectivity index (χ0n) is 6.11. The highest BCUT2D eigenvalue weighted by atomic mass is 35.5. The molecule has 0 aliphatic rings. The lowest BCUT2D eigenvalue weighted by atomic mass is 10.3. The van der Waals surface area contributed by atoms with Crippen LogP contribution < -0.4 is 0 Å². The normalized spacial score (nSPS) is 10.9. The smallest absolute Gasteiger partial charge is 0.281 e. The van der Waals surface area contributed by atoms with Crippen molar-refractivity contribution in [2.45, 2.75) is 18.0 Å². The van der Waals surface area contributed by atoms with E-state index in [0.29, 0.717) is 0 Å². The lowest BCUT2D eigenvalue weighted by molar-refractivity contribution is -0.766. The average Bonchev–Trinajstić information content (AvgIpc) is 1.99. The van der Waals surface area contributed by atoms with Gasteiger partial charge in [0.15, 0.2) is 0 Å². The molecule has 13 heavy (non-hydrogen) atoms. The summed E-state index contributed by atoms with van der Waals surface area (Å²) in [5.74, 6) is 0. The fourth-order valence-corrected chi connectivity index (χ4v) is 0.696. The van der Waals surface area contributed by atoms with Crippen LogP contribution in [-0.2, 0) is 4.79 Å². The Morgan fingerprint density at radius 2 is 1.69 bits per heavy atom. The van der Waals surface area contributed by atoms with Crippen LogP contribution >= 0.6 is 23.2 Å². The highest BCUT2D eigenvalue weighted by Crippen LogP contribution is 2.23. The summed E-state index contributed by atoms with van der Waals surface area (Å²) in [5, 5.41) is 16.5. The molecule has 0 bridgehead atoms. The van der Waals surface area contributed by atoms with Gasteiger partial charge in [0, 0.05) is 18.0 Å². The van der Waals surface area contributed by atoms with Crippen molar-refractivity contribution >= 4 is 28.4 Å². The Hall–Kier alpha value is -0.950. The van der Waals surface area contributed by atoms with Gasteiger partial charge in [-0.3, -0.25) is 25.0 Å². The predicted octanol–water partition coefficient (Wildman–Crippen LogP) is 0.978. The van der Waals surface area contributed by atoms with E-state index < -0.39 is 33.1 Å². The monoisotopic (exact) mass is 230 g/mol. The average molecular weight is 231 g/mol. The standard InChI is InChI=1S/C4H4Cl2N2O5/c5-3(9)1-2-4(6,7(10)11)8(12)13/h1-2H2. The number of halogens is 2. The lowest BCUT2D eigenvalue weighted by Crippen LogP contribution is -2.40. The fraction of sp³-hybridized carbons (Fsp3) is 0.750. The summed E-state index contributed by atoms with van der Waals surface area (Å²) < 4.78 is 0. The number of nitro groups is 2. The van der Waals surface area contributed by atoms with Crippen LogP contribution in [0.25, 0.3) is 0 Å². The Bertz CT molecular complexity index is 241. The highest BCUT2D eigenvalue weighted by molar-refractivity contribution is 6.63. The molecule has 0 fully saturated rings. The number of hydrogen-bond donors (Lipinski definition) is 0. The molecule has 0 aromatic rings. The molecule has 74 valence electrons. The van der Waals surface area contributed by atoms with Gasteiger partial charge in [0.25, 0.3) is 0 Å². The molecule has 0 saturated carbocycles. The molecule has 0 rings (SSSR count). The van der Waals surface area contributed by atoms with Gasteiger partial charge >= 0.3 is 5.12 Å². The molecule has 0 aromatic heterocycles. The van der Waals surface area contributed by atoms with E-state index in [1.54, 1.807) is 0 Å². The number of alkyl halides is 1. The van der Waals surface area contributed by atoms with E-state index in [2.05, 4.69) is 0 Å². The maximum atomic E-state index is 10.2. The van der Waals surface area contributed by atoms with Gasteiger partial charge in [0.1, 0.15) is 16.3 Å². The quantitative estimate of drug-likeness (QED) is 0.175. The number of carbonyl (C=O) groups is 1. The first-order valence-electron chi connectivity index (χ1n) is 2.97. The third-order valence-electron chi connectivity index (χ3n) is 1.20. The van der Waals surface area contributed by atoms with Crippen molar-refractivity contribution in [3.63, 3.8) is 0 Å². The van der Waals surface area contributed by atoms with E-state index in [0.717, 1.165) is 0 Å². The molecule has 0 atom stereocenters. The number of rotatable bonds is 5. The molecule has 0 spiro atoms. The molecular formula is C4H4Cl2N2O5. The number of hydrogen-bond acceptors (Lipinski definition) is 5. The molecule has 7 nitrogen and oxygen atoms in total. The summed E-state index contributed by atoms with van der Waals surface area (Å²) in [4.78, 5) is 28.0. The first kappa shape index (κ1) is 12.0. The highest BCUT2D eigenvalue weighted by Gasteiger charge is 2.54. The van der Waals surface area contributed by atoms with E-state index in [1.807, 2.05) is 0 Å². The predicted molar refractivity (Wildman–Crippen MR) is 42.7 cm³/mol. The second kappa shape index (κ2) is 4.33. The van der Waals surface area contributed by atoms with E-state index in [9.17, 15) is 25.0 Å². The van der Waals surface area contributed by atoms with Crippen molar-refractivity contribution in [1.82, 2.24) is 0 Å². The van der Waals surface area contributed by atoms with E-state index in [4.69, 9.17) is 23.2 Å². The Morgan fingerprint density at radius 1 is 1.31 bits per heavy atom. The Balaban J connectivity index is 4.52. The van der Waals surface area contributed by atoms with Crippen LogP contribution in [0, 0.1) is 20.2 Å².